The molecule has 0 unspecified atom stereocenters. The molecule has 3 heteroatoms. The number of hydrogen-bond donors (Lipinski definition) is 0. The highest BCUT2D eigenvalue weighted by Crippen LogP contribution is 2.15. The van der Waals surface area contributed by atoms with E-state index in [2.05, 4.69) is 36.1 Å². The molecule has 0 fully saturated rings. The van der Waals surface area contributed by atoms with Gasteiger partial charge in [0, 0.05) is 25.2 Å². The van der Waals surface area contributed by atoms with Crippen LogP contribution in [0.25, 0.3) is 0 Å². The van der Waals surface area contributed by atoms with Crippen molar-refractivity contribution in [1.29, 1.82) is 0 Å². The van der Waals surface area contributed by atoms with Gasteiger partial charge in [0.15, 0.2) is 0 Å². The van der Waals surface area contributed by atoms with Gasteiger partial charge in [0.2, 0.25) is 0 Å². The number of methoxy groups -OCH3 is 1. The summed E-state index contributed by atoms with van der Waals surface area (Å²) in [4.78, 5) is 13.7. The Balaban J connectivity index is 1.92. The highest BCUT2D eigenvalue weighted by Gasteiger charge is 2.17. The van der Waals surface area contributed by atoms with Crippen LogP contribution in [0.5, 0.6) is 0 Å². The lowest BCUT2D eigenvalue weighted by molar-refractivity contribution is -0.136. The van der Waals surface area contributed by atoms with E-state index in [-0.39, 0.29) is 5.97 Å². The van der Waals surface area contributed by atoms with Crippen LogP contribution in [0.1, 0.15) is 17.5 Å². The van der Waals surface area contributed by atoms with Gasteiger partial charge in [0.05, 0.1) is 7.11 Å². The van der Waals surface area contributed by atoms with E-state index in [1.54, 1.807) is 0 Å². The summed E-state index contributed by atoms with van der Waals surface area (Å²) in [6.45, 7) is 4.76. The normalized spacial score (nSPS) is 16.2. The Morgan fingerprint density at radius 1 is 1.33 bits per heavy atom. The summed E-state index contributed by atoms with van der Waals surface area (Å²) >= 11 is 0. The third-order valence-electron chi connectivity index (χ3n) is 3.27. The van der Waals surface area contributed by atoms with Crippen molar-refractivity contribution in [2.45, 2.75) is 19.9 Å². The quantitative estimate of drug-likeness (QED) is 0.765. The summed E-state index contributed by atoms with van der Waals surface area (Å²) in [7, 11) is 1.43. The van der Waals surface area contributed by atoms with E-state index in [4.69, 9.17) is 4.74 Å². The molecule has 0 radical (unpaired) electrons. The molecule has 0 spiro atoms. The molecule has 1 aromatic carbocycles. The van der Waals surface area contributed by atoms with E-state index in [1.807, 2.05) is 6.08 Å². The standard InChI is InChI=1S/C15H19NO2/c1-12-3-5-13(6-4-12)11-16-9-7-14(8-10-16)15(17)18-2/h3-7H,8-11H2,1-2H3. The topological polar surface area (TPSA) is 29.5 Å². The predicted octanol–water partition coefficient (Wildman–Crippen LogP) is 2.30. The molecule has 1 aromatic rings. The molecule has 0 aromatic heterocycles. The molecular formula is C15H19NO2. The van der Waals surface area contributed by atoms with Crippen LogP contribution in [-0.2, 0) is 16.1 Å². The first kappa shape index (κ1) is 12.8. The van der Waals surface area contributed by atoms with Crippen LogP contribution in [0.3, 0.4) is 0 Å². The SMILES string of the molecule is COC(=O)C1=CCN(Cc2ccc(C)cc2)CC1. The fraction of sp³-hybridized carbons (Fsp3) is 0.400. The second kappa shape index (κ2) is 5.83. The lowest BCUT2D eigenvalue weighted by Gasteiger charge is -2.25. The largest absolute Gasteiger partial charge is 0.466 e. The number of carbonyl (C=O) groups excluding carboxylic acids is 1. The van der Waals surface area contributed by atoms with E-state index in [1.165, 1.54) is 18.2 Å². The molecule has 0 atom stereocenters. The number of rotatable bonds is 3. The van der Waals surface area contributed by atoms with Crippen molar-refractivity contribution in [2.75, 3.05) is 20.2 Å². The molecule has 0 N–H and O–H groups in total. The van der Waals surface area contributed by atoms with Crippen LogP contribution < -0.4 is 0 Å². The maximum atomic E-state index is 11.4. The summed E-state index contributed by atoms with van der Waals surface area (Å²) in [5.74, 6) is -0.190. The van der Waals surface area contributed by atoms with E-state index in [9.17, 15) is 4.79 Å². The molecule has 0 saturated heterocycles. The summed E-state index contributed by atoms with van der Waals surface area (Å²) in [5.41, 5.74) is 3.40. The Labute approximate surface area is 108 Å². The molecule has 1 aliphatic heterocycles. The zero-order valence-corrected chi connectivity index (χ0v) is 11.0. The average Bonchev–Trinajstić information content (AvgIpc) is 2.41. The lowest BCUT2D eigenvalue weighted by Crippen LogP contribution is -2.30. The lowest BCUT2D eigenvalue weighted by atomic mass is 10.1. The van der Waals surface area contributed by atoms with Crippen LogP contribution in [0, 0.1) is 6.92 Å². The minimum atomic E-state index is -0.190. The molecule has 1 heterocycles. The van der Waals surface area contributed by atoms with Crippen molar-refractivity contribution in [1.82, 2.24) is 4.90 Å². The zero-order valence-electron chi connectivity index (χ0n) is 11.0. The smallest absolute Gasteiger partial charge is 0.333 e. The first-order valence-corrected chi connectivity index (χ1v) is 6.24. The van der Waals surface area contributed by atoms with Crippen molar-refractivity contribution in [3.63, 3.8) is 0 Å². The number of benzene rings is 1. The second-order valence-corrected chi connectivity index (χ2v) is 4.69. The summed E-state index contributed by atoms with van der Waals surface area (Å²) in [5, 5.41) is 0. The molecule has 96 valence electrons. The molecule has 3 nitrogen and oxygen atoms in total. The van der Waals surface area contributed by atoms with Gasteiger partial charge in [-0.1, -0.05) is 35.9 Å². The molecule has 0 aliphatic carbocycles. The first-order chi connectivity index (χ1) is 8.69. The predicted molar refractivity (Wildman–Crippen MR) is 71.2 cm³/mol. The molecule has 0 saturated carbocycles. The van der Waals surface area contributed by atoms with Gasteiger partial charge in [-0.3, -0.25) is 4.90 Å². The van der Waals surface area contributed by atoms with Crippen molar-refractivity contribution < 1.29 is 9.53 Å². The highest BCUT2D eigenvalue weighted by atomic mass is 16.5. The molecular weight excluding hydrogens is 226 g/mol. The van der Waals surface area contributed by atoms with Gasteiger partial charge in [0.25, 0.3) is 0 Å². The molecule has 2 rings (SSSR count). The Morgan fingerprint density at radius 2 is 2.06 bits per heavy atom. The van der Waals surface area contributed by atoms with Crippen LogP contribution in [0.2, 0.25) is 0 Å². The van der Waals surface area contributed by atoms with Gasteiger partial charge >= 0.3 is 5.97 Å². The number of carbonyl (C=O) groups is 1. The number of nitrogens with zero attached hydrogens (tertiary/aromatic N) is 1. The minimum Gasteiger partial charge on any atom is -0.466 e. The van der Waals surface area contributed by atoms with Crippen molar-refractivity contribution in [2.24, 2.45) is 0 Å². The number of aryl methyl sites for hydroxylation is 1. The molecule has 1 aliphatic rings. The van der Waals surface area contributed by atoms with Gasteiger partial charge in [0.1, 0.15) is 0 Å². The van der Waals surface area contributed by atoms with E-state index in [0.717, 1.165) is 31.6 Å². The van der Waals surface area contributed by atoms with E-state index < -0.39 is 0 Å². The van der Waals surface area contributed by atoms with Gasteiger partial charge < -0.3 is 4.74 Å². The fourth-order valence-corrected chi connectivity index (χ4v) is 2.12. The first-order valence-electron chi connectivity index (χ1n) is 6.24. The Kier molecular flexibility index (Phi) is 4.15. The van der Waals surface area contributed by atoms with Gasteiger partial charge in [-0.05, 0) is 18.9 Å². The van der Waals surface area contributed by atoms with Crippen LogP contribution in [0.15, 0.2) is 35.9 Å². The third-order valence-corrected chi connectivity index (χ3v) is 3.27. The summed E-state index contributed by atoms with van der Waals surface area (Å²) in [6.07, 6.45) is 2.75. The number of ether oxygens (including phenoxy) is 1. The van der Waals surface area contributed by atoms with Gasteiger partial charge in [-0.2, -0.15) is 0 Å². The third kappa shape index (κ3) is 3.20. The van der Waals surface area contributed by atoms with Crippen LogP contribution in [-0.4, -0.2) is 31.1 Å². The Hall–Kier alpha value is -1.61. The zero-order chi connectivity index (χ0) is 13.0. The molecule has 0 bridgehead atoms. The molecule has 0 amide bonds. The Morgan fingerprint density at radius 3 is 2.61 bits per heavy atom. The Bertz CT molecular complexity index is 448. The molecule has 18 heavy (non-hydrogen) atoms. The average molecular weight is 245 g/mol. The summed E-state index contributed by atoms with van der Waals surface area (Å²) in [6, 6.07) is 8.59. The second-order valence-electron chi connectivity index (χ2n) is 4.69. The number of esters is 1. The van der Waals surface area contributed by atoms with Crippen molar-refractivity contribution in [3.8, 4) is 0 Å². The fourth-order valence-electron chi connectivity index (χ4n) is 2.12. The van der Waals surface area contributed by atoms with Crippen LogP contribution >= 0.6 is 0 Å². The number of hydrogen-bond acceptors (Lipinski definition) is 3. The van der Waals surface area contributed by atoms with Gasteiger partial charge in [-0.25, -0.2) is 4.79 Å². The van der Waals surface area contributed by atoms with E-state index in [0.29, 0.717) is 0 Å². The van der Waals surface area contributed by atoms with E-state index >= 15 is 0 Å². The monoisotopic (exact) mass is 245 g/mol. The van der Waals surface area contributed by atoms with Crippen molar-refractivity contribution in [3.05, 3.63) is 47.0 Å². The maximum absolute atomic E-state index is 11.4. The highest BCUT2D eigenvalue weighted by molar-refractivity contribution is 5.88. The van der Waals surface area contributed by atoms with Crippen LogP contribution in [0.4, 0.5) is 0 Å². The van der Waals surface area contributed by atoms with Gasteiger partial charge in [-0.15, -0.1) is 0 Å². The summed E-state index contributed by atoms with van der Waals surface area (Å²) < 4.78 is 4.73. The minimum absolute atomic E-state index is 0.190. The maximum Gasteiger partial charge on any atom is 0.333 e. The van der Waals surface area contributed by atoms with Crippen molar-refractivity contribution >= 4 is 5.97 Å².